The predicted octanol–water partition coefficient (Wildman–Crippen LogP) is 2.93. The molecule has 2 amide bonds. The number of likely N-dealkylation sites (tertiary alicyclic amines) is 1. The number of hydrogen-bond donors (Lipinski definition) is 2. The zero-order valence-corrected chi connectivity index (χ0v) is 14.9. The smallest absolute Gasteiger partial charge is 0.410 e. The van der Waals surface area contributed by atoms with Gasteiger partial charge in [-0.2, -0.15) is 0 Å². The molecule has 7 heteroatoms. The number of ether oxygens (including phenoxy) is 2. The first-order chi connectivity index (χ1) is 10.4. The second kappa shape index (κ2) is 7.19. The lowest BCUT2D eigenvalue weighted by molar-refractivity contribution is 0.0223. The summed E-state index contributed by atoms with van der Waals surface area (Å²) in [5.41, 5.74) is -1.15. The van der Waals surface area contributed by atoms with E-state index in [-0.39, 0.29) is 12.1 Å². The van der Waals surface area contributed by atoms with Gasteiger partial charge < -0.3 is 25.1 Å². The third kappa shape index (κ3) is 6.88. The van der Waals surface area contributed by atoms with Gasteiger partial charge in [-0.3, -0.25) is 0 Å². The SMILES string of the molecule is CC(C)(C)OC(=O)N[C@H]1C[C@@H](CC=N)N(C(=O)OC(C)(C)C)C1. The Morgan fingerprint density at radius 3 is 2.22 bits per heavy atom. The maximum Gasteiger partial charge on any atom is 0.410 e. The fraction of sp³-hybridized carbons (Fsp3) is 0.812. The number of carbonyl (C=O) groups excluding carboxylic acids is 2. The van der Waals surface area contributed by atoms with Crippen molar-refractivity contribution < 1.29 is 19.1 Å². The van der Waals surface area contributed by atoms with Crippen molar-refractivity contribution in [1.29, 1.82) is 5.41 Å². The molecular formula is C16H29N3O4. The van der Waals surface area contributed by atoms with Crippen molar-refractivity contribution in [2.45, 2.75) is 77.7 Å². The predicted molar refractivity (Wildman–Crippen MR) is 87.9 cm³/mol. The van der Waals surface area contributed by atoms with Crippen molar-refractivity contribution in [3.8, 4) is 0 Å². The van der Waals surface area contributed by atoms with E-state index in [4.69, 9.17) is 14.9 Å². The van der Waals surface area contributed by atoms with Gasteiger partial charge in [-0.15, -0.1) is 0 Å². The molecule has 0 saturated carbocycles. The first-order valence-electron chi connectivity index (χ1n) is 7.89. The first kappa shape index (κ1) is 19.3. The van der Waals surface area contributed by atoms with E-state index in [9.17, 15) is 9.59 Å². The third-order valence-electron chi connectivity index (χ3n) is 3.15. The molecule has 23 heavy (non-hydrogen) atoms. The van der Waals surface area contributed by atoms with Gasteiger partial charge in [0.15, 0.2) is 0 Å². The van der Waals surface area contributed by atoms with E-state index in [1.165, 1.54) is 6.21 Å². The Morgan fingerprint density at radius 2 is 1.74 bits per heavy atom. The fourth-order valence-electron chi connectivity index (χ4n) is 2.40. The van der Waals surface area contributed by atoms with E-state index in [2.05, 4.69) is 5.32 Å². The number of amides is 2. The molecule has 0 aliphatic carbocycles. The Labute approximate surface area is 138 Å². The summed E-state index contributed by atoms with van der Waals surface area (Å²) in [6.07, 6.45) is 1.37. The largest absolute Gasteiger partial charge is 0.444 e. The average molecular weight is 327 g/mol. The van der Waals surface area contributed by atoms with Gasteiger partial charge in [0.2, 0.25) is 0 Å². The van der Waals surface area contributed by atoms with Crippen molar-refractivity contribution in [3.05, 3.63) is 0 Å². The second-order valence-electron chi connectivity index (χ2n) is 7.81. The van der Waals surface area contributed by atoms with Crippen LogP contribution in [-0.2, 0) is 9.47 Å². The van der Waals surface area contributed by atoms with Crippen LogP contribution in [0.25, 0.3) is 0 Å². The van der Waals surface area contributed by atoms with Crippen LogP contribution in [-0.4, -0.2) is 53.1 Å². The molecule has 1 rings (SSSR count). The Balaban J connectivity index is 2.68. The molecule has 1 heterocycles. The Kier molecular flexibility index (Phi) is 6.02. The summed E-state index contributed by atoms with van der Waals surface area (Å²) in [7, 11) is 0. The summed E-state index contributed by atoms with van der Waals surface area (Å²) in [6.45, 7) is 11.2. The van der Waals surface area contributed by atoms with E-state index in [0.717, 1.165) is 0 Å². The lowest BCUT2D eigenvalue weighted by atomic mass is 10.1. The van der Waals surface area contributed by atoms with Crippen LogP contribution in [0.5, 0.6) is 0 Å². The number of hydrogen-bond acceptors (Lipinski definition) is 5. The van der Waals surface area contributed by atoms with E-state index < -0.39 is 23.4 Å². The van der Waals surface area contributed by atoms with Gasteiger partial charge >= 0.3 is 12.2 Å². The van der Waals surface area contributed by atoms with Gasteiger partial charge in [-0.1, -0.05) is 0 Å². The summed E-state index contributed by atoms with van der Waals surface area (Å²) in [4.78, 5) is 25.7. The topological polar surface area (TPSA) is 91.7 Å². The molecule has 1 aliphatic heterocycles. The van der Waals surface area contributed by atoms with Crippen LogP contribution in [0.15, 0.2) is 0 Å². The van der Waals surface area contributed by atoms with Crippen LogP contribution in [0.3, 0.4) is 0 Å². The fourth-order valence-corrected chi connectivity index (χ4v) is 2.40. The zero-order chi connectivity index (χ0) is 17.8. The van der Waals surface area contributed by atoms with Crippen LogP contribution in [0.1, 0.15) is 54.4 Å². The molecule has 0 aromatic carbocycles. The van der Waals surface area contributed by atoms with Crippen LogP contribution in [0, 0.1) is 5.41 Å². The molecule has 2 atom stereocenters. The maximum atomic E-state index is 12.3. The standard InChI is InChI=1S/C16H29N3O4/c1-15(2,3)22-13(20)18-11-9-12(7-8-17)19(10-11)14(21)23-16(4,5)6/h8,11-12,17H,7,9-10H2,1-6H3,(H,18,20)/t11-,12+/m0/s1. The normalized spacial score (nSPS) is 21.7. The van der Waals surface area contributed by atoms with Crippen molar-refractivity contribution in [1.82, 2.24) is 10.2 Å². The molecule has 132 valence electrons. The maximum absolute atomic E-state index is 12.3. The van der Waals surface area contributed by atoms with Crippen molar-refractivity contribution >= 4 is 18.4 Å². The highest BCUT2D eigenvalue weighted by Gasteiger charge is 2.38. The monoisotopic (exact) mass is 327 g/mol. The highest BCUT2D eigenvalue weighted by Crippen LogP contribution is 2.23. The molecule has 1 fully saturated rings. The number of nitrogens with one attached hydrogen (secondary N) is 2. The summed E-state index contributed by atoms with van der Waals surface area (Å²) >= 11 is 0. The molecule has 0 spiro atoms. The Bertz CT molecular complexity index is 451. The van der Waals surface area contributed by atoms with Gasteiger partial charge in [-0.25, -0.2) is 9.59 Å². The molecule has 0 aromatic rings. The van der Waals surface area contributed by atoms with Crippen LogP contribution < -0.4 is 5.32 Å². The number of rotatable bonds is 3. The Morgan fingerprint density at radius 1 is 1.17 bits per heavy atom. The van der Waals surface area contributed by atoms with Crippen LogP contribution in [0.4, 0.5) is 9.59 Å². The van der Waals surface area contributed by atoms with Crippen molar-refractivity contribution in [2.75, 3.05) is 6.54 Å². The molecule has 7 nitrogen and oxygen atoms in total. The zero-order valence-electron chi connectivity index (χ0n) is 14.9. The highest BCUT2D eigenvalue weighted by molar-refractivity contribution is 5.71. The number of carbonyl (C=O) groups is 2. The minimum Gasteiger partial charge on any atom is -0.444 e. The van der Waals surface area contributed by atoms with Gasteiger partial charge in [0, 0.05) is 19.0 Å². The summed E-state index contributed by atoms with van der Waals surface area (Å²) in [5, 5.41) is 10.1. The van der Waals surface area contributed by atoms with Crippen LogP contribution >= 0.6 is 0 Å². The van der Waals surface area contributed by atoms with E-state index in [1.54, 1.807) is 25.7 Å². The molecular weight excluding hydrogens is 298 g/mol. The number of alkyl carbamates (subject to hydrolysis) is 1. The van der Waals surface area contributed by atoms with Crippen LogP contribution in [0.2, 0.25) is 0 Å². The van der Waals surface area contributed by atoms with Crippen molar-refractivity contribution in [3.63, 3.8) is 0 Å². The second-order valence-corrected chi connectivity index (χ2v) is 7.81. The molecule has 2 N–H and O–H groups in total. The molecule has 0 aromatic heterocycles. The molecule has 0 bridgehead atoms. The minimum atomic E-state index is -0.580. The highest BCUT2D eigenvalue weighted by atomic mass is 16.6. The Hall–Kier alpha value is -1.79. The third-order valence-corrected chi connectivity index (χ3v) is 3.15. The van der Waals surface area contributed by atoms with E-state index in [1.807, 2.05) is 20.8 Å². The van der Waals surface area contributed by atoms with Gasteiger partial charge in [0.05, 0.1) is 6.04 Å². The van der Waals surface area contributed by atoms with Gasteiger partial charge in [0.25, 0.3) is 0 Å². The average Bonchev–Trinajstić information content (AvgIpc) is 2.67. The quantitative estimate of drug-likeness (QED) is 0.780. The minimum absolute atomic E-state index is 0.151. The lowest BCUT2D eigenvalue weighted by Gasteiger charge is -2.28. The van der Waals surface area contributed by atoms with Gasteiger partial charge in [0.1, 0.15) is 11.2 Å². The van der Waals surface area contributed by atoms with Crippen molar-refractivity contribution in [2.24, 2.45) is 0 Å². The molecule has 0 radical (unpaired) electrons. The molecule has 1 saturated heterocycles. The number of nitrogens with zero attached hydrogens (tertiary/aromatic N) is 1. The van der Waals surface area contributed by atoms with E-state index in [0.29, 0.717) is 19.4 Å². The van der Waals surface area contributed by atoms with Gasteiger partial charge in [-0.05, 0) is 54.2 Å². The lowest BCUT2D eigenvalue weighted by Crippen LogP contribution is -2.43. The summed E-state index contributed by atoms with van der Waals surface area (Å²) in [6, 6.07) is -0.357. The summed E-state index contributed by atoms with van der Waals surface area (Å²) < 4.78 is 10.6. The molecule has 1 aliphatic rings. The summed E-state index contributed by atoms with van der Waals surface area (Å²) in [5.74, 6) is 0. The first-order valence-corrected chi connectivity index (χ1v) is 7.89. The van der Waals surface area contributed by atoms with E-state index >= 15 is 0 Å². The molecule has 0 unspecified atom stereocenters.